The Morgan fingerprint density at radius 1 is 1.50 bits per heavy atom. The number of halogens is 2. The normalized spacial score (nSPS) is 17.9. The van der Waals surface area contributed by atoms with Gasteiger partial charge in [-0.2, -0.15) is 0 Å². The number of ether oxygens (including phenoxy) is 1. The number of rotatable bonds is 3. The lowest BCUT2D eigenvalue weighted by molar-refractivity contribution is 0.386. The number of hydrogen-bond donors (Lipinski definition) is 0. The summed E-state index contributed by atoms with van der Waals surface area (Å²) in [7, 11) is 1.46. The topological polar surface area (TPSA) is 9.23 Å². The summed E-state index contributed by atoms with van der Waals surface area (Å²) in [4.78, 5) is 0. The molecule has 1 fully saturated rings. The van der Waals surface area contributed by atoms with Crippen LogP contribution in [0.15, 0.2) is 18.2 Å². The van der Waals surface area contributed by atoms with Crippen molar-refractivity contribution < 1.29 is 9.13 Å². The standard InChI is InChI=1S/C11H12ClFO/c1-14-10-3-2-8(6-9(10)13)11(7-12)4-5-11/h2-3,6H,4-5,7H2,1H3. The van der Waals surface area contributed by atoms with Crippen LogP contribution in [0.1, 0.15) is 18.4 Å². The molecule has 3 heteroatoms. The molecule has 0 heterocycles. The van der Waals surface area contributed by atoms with Crippen molar-refractivity contribution in [2.75, 3.05) is 13.0 Å². The third-order valence-corrected chi connectivity index (χ3v) is 3.39. The van der Waals surface area contributed by atoms with Gasteiger partial charge in [0.1, 0.15) is 0 Å². The zero-order chi connectivity index (χ0) is 10.2. The Labute approximate surface area is 87.8 Å². The van der Waals surface area contributed by atoms with E-state index in [0.717, 1.165) is 18.4 Å². The quantitative estimate of drug-likeness (QED) is 0.703. The predicted octanol–water partition coefficient (Wildman–Crippen LogP) is 3.10. The minimum atomic E-state index is -0.304. The molecule has 1 aromatic carbocycles. The van der Waals surface area contributed by atoms with E-state index in [2.05, 4.69) is 0 Å². The molecule has 0 saturated heterocycles. The molecule has 0 radical (unpaired) electrons. The minimum Gasteiger partial charge on any atom is -0.494 e. The highest BCUT2D eigenvalue weighted by Gasteiger charge is 2.43. The molecule has 0 N–H and O–H groups in total. The first-order valence-electron chi connectivity index (χ1n) is 4.62. The van der Waals surface area contributed by atoms with E-state index in [-0.39, 0.29) is 11.2 Å². The molecule has 0 spiro atoms. The molecular weight excluding hydrogens is 203 g/mol. The highest BCUT2D eigenvalue weighted by molar-refractivity contribution is 6.19. The summed E-state index contributed by atoms with van der Waals surface area (Å²) in [6.07, 6.45) is 2.12. The van der Waals surface area contributed by atoms with Gasteiger partial charge in [-0.05, 0) is 30.5 Å². The van der Waals surface area contributed by atoms with Crippen molar-refractivity contribution in [3.05, 3.63) is 29.6 Å². The lowest BCUT2D eigenvalue weighted by atomic mass is 9.98. The zero-order valence-electron chi connectivity index (χ0n) is 8.02. The number of benzene rings is 1. The highest BCUT2D eigenvalue weighted by Crippen LogP contribution is 2.49. The monoisotopic (exact) mass is 214 g/mol. The maximum Gasteiger partial charge on any atom is 0.165 e. The van der Waals surface area contributed by atoms with E-state index in [4.69, 9.17) is 16.3 Å². The van der Waals surface area contributed by atoms with E-state index in [0.29, 0.717) is 11.6 Å². The molecule has 14 heavy (non-hydrogen) atoms. The summed E-state index contributed by atoms with van der Waals surface area (Å²) < 4.78 is 18.2. The lowest BCUT2D eigenvalue weighted by Crippen LogP contribution is -2.08. The lowest BCUT2D eigenvalue weighted by Gasteiger charge is -2.12. The number of methoxy groups -OCH3 is 1. The Hall–Kier alpha value is -0.760. The van der Waals surface area contributed by atoms with Gasteiger partial charge in [0.25, 0.3) is 0 Å². The number of alkyl halides is 1. The van der Waals surface area contributed by atoms with E-state index in [1.807, 2.05) is 6.07 Å². The van der Waals surface area contributed by atoms with Crippen LogP contribution in [0.5, 0.6) is 5.75 Å². The van der Waals surface area contributed by atoms with Crippen LogP contribution in [0.3, 0.4) is 0 Å². The average molecular weight is 215 g/mol. The van der Waals surface area contributed by atoms with Gasteiger partial charge >= 0.3 is 0 Å². The van der Waals surface area contributed by atoms with Crippen LogP contribution in [0.4, 0.5) is 4.39 Å². The molecule has 2 rings (SSSR count). The van der Waals surface area contributed by atoms with Crippen molar-refractivity contribution in [3.8, 4) is 5.75 Å². The molecule has 1 saturated carbocycles. The molecule has 1 nitrogen and oxygen atoms in total. The molecule has 0 unspecified atom stereocenters. The van der Waals surface area contributed by atoms with Gasteiger partial charge < -0.3 is 4.74 Å². The van der Waals surface area contributed by atoms with Crippen molar-refractivity contribution in [2.45, 2.75) is 18.3 Å². The molecule has 1 aromatic rings. The predicted molar refractivity (Wildman–Crippen MR) is 54.6 cm³/mol. The van der Waals surface area contributed by atoms with E-state index in [1.54, 1.807) is 6.07 Å². The molecule has 1 aliphatic rings. The van der Waals surface area contributed by atoms with Crippen LogP contribution >= 0.6 is 11.6 Å². The maximum atomic E-state index is 13.4. The van der Waals surface area contributed by atoms with Crippen LogP contribution in [0.25, 0.3) is 0 Å². The maximum absolute atomic E-state index is 13.4. The Balaban J connectivity index is 2.33. The van der Waals surface area contributed by atoms with E-state index in [1.165, 1.54) is 13.2 Å². The third-order valence-electron chi connectivity index (χ3n) is 2.87. The Morgan fingerprint density at radius 2 is 2.21 bits per heavy atom. The van der Waals surface area contributed by atoms with Crippen LogP contribution in [-0.4, -0.2) is 13.0 Å². The summed E-state index contributed by atoms with van der Waals surface area (Å²) in [6, 6.07) is 5.10. The van der Waals surface area contributed by atoms with Crippen LogP contribution in [0, 0.1) is 5.82 Å². The SMILES string of the molecule is COc1ccc(C2(CCl)CC2)cc1F. The summed E-state index contributed by atoms with van der Waals surface area (Å²) in [6.45, 7) is 0. The van der Waals surface area contributed by atoms with E-state index < -0.39 is 0 Å². The van der Waals surface area contributed by atoms with Gasteiger partial charge in [-0.15, -0.1) is 11.6 Å². The third kappa shape index (κ3) is 1.48. The Morgan fingerprint density at radius 3 is 2.64 bits per heavy atom. The van der Waals surface area contributed by atoms with Crippen LogP contribution in [0.2, 0.25) is 0 Å². The minimum absolute atomic E-state index is 0.0364. The van der Waals surface area contributed by atoms with Crippen molar-refractivity contribution >= 4 is 11.6 Å². The van der Waals surface area contributed by atoms with Crippen LogP contribution in [-0.2, 0) is 5.41 Å². The van der Waals surface area contributed by atoms with Crippen molar-refractivity contribution in [3.63, 3.8) is 0 Å². The molecule has 0 aromatic heterocycles. The zero-order valence-corrected chi connectivity index (χ0v) is 8.77. The van der Waals surface area contributed by atoms with Gasteiger partial charge in [-0.3, -0.25) is 0 Å². The second-order valence-corrected chi connectivity index (χ2v) is 4.03. The van der Waals surface area contributed by atoms with Crippen molar-refractivity contribution in [1.82, 2.24) is 0 Å². The molecule has 0 atom stereocenters. The fraction of sp³-hybridized carbons (Fsp3) is 0.455. The van der Waals surface area contributed by atoms with Gasteiger partial charge in [0, 0.05) is 11.3 Å². The summed E-state index contributed by atoms with van der Waals surface area (Å²) in [5.74, 6) is 0.555. The molecule has 0 amide bonds. The van der Waals surface area contributed by atoms with Crippen molar-refractivity contribution in [2.24, 2.45) is 0 Å². The highest BCUT2D eigenvalue weighted by atomic mass is 35.5. The Bertz CT molecular complexity index is 347. The molecular formula is C11H12ClFO. The van der Waals surface area contributed by atoms with Crippen LogP contribution < -0.4 is 4.74 Å². The first kappa shape index (κ1) is 9.78. The van der Waals surface area contributed by atoms with Crippen molar-refractivity contribution in [1.29, 1.82) is 0 Å². The molecule has 1 aliphatic carbocycles. The first-order valence-corrected chi connectivity index (χ1v) is 5.15. The Kier molecular flexibility index (Phi) is 2.40. The fourth-order valence-corrected chi connectivity index (χ4v) is 2.07. The van der Waals surface area contributed by atoms with Gasteiger partial charge in [0.05, 0.1) is 7.11 Å². The summed E-state index contributed by atoms with van der Waals surface area (Å²) >= 11 is 5.86. The first-order chi connectivity index (χ1) is 6.72. The molecule has 76 valence electrons. The summed E-state index contributed by atoms with van der Waals surface area (Å²) in [5, 5.41) is 0. The van der Waals surface area contributed by atoms with Gasteiger partial charge in [-0.25, -0.2) is 4.39 Å². The smallest absolute Gasteiger partial charge is 0.165 e. The largest absolute Gasteiger partial charge is 0.494 e. The second-order valence-electron chi connectivity index (χ2n) is 3.76. The number of hydrogen-bond acceptors (Lipinski definition) is 1. The second kappa shape index (κ2) is 3.43. The van der Waals surface area contributed by atoms with E-state index in [9.17, 15) is 4.39 Å². The van der Waals surface area contributed by atoms with Gasteiger partial charge in [0.15, 0.2) is 11.6 Å². The average Bonchev–Trinajstić information content (AvgIpc) is 2.98. The molecule has 0 aliphatic heterocycles. The summed E-state index contributed by atoms with van der Waals surface area (Å²) in [5.41, 5.74) is 1.03. The molecule has 0 bridgehead atoms. The van der Waals surface area contributed by atoms with Gasteiger partial charge in [-0.1, -0.05) is 6.07 Å². The van der Waals surface area contributed by atoms with Gasteiger partial charge in [0.2, 0.25) is 0 Å². The fourth-order valence-electron chi connectivity index (χ4n) is 1.65. The van der Waals surface area contributed by atoms with E-state index >= 15 is 0 Å².